The van der Waals surface area contributed by atoms with E-state index >= 15 is 0 Å². The van der Waals surface area contributed by atoms with Crippen molar-refractivity contribution in [1.82, 2.24) is 15.5 Å². The first-order valence-corrected chi connectivity index (χ1v) is 8.25. The molecule has 5 heteroatoms. The number of aromatic nitrogens is 2. The average molecular weight is 335 g/mol. The first-order chi connectivity index (χ1) is 12.0. The molecule has 3 rings (SSSR count). The van der Waals surface area contributed by atoms with Crippen LogP contribution in [0.4, 0.5) is 0 Å². The predicted molar refractivity (Wildman–Crippen MR) is 95.7 cm³/mol. The van der Waals surface area contributed by atoms with Gasteiger partial charge in [-0.05, 0) is 23.1 Å². The number of hydrogen-bond acceptors (Lipinski definition) is 4. The SMILES string of the molecule is CC(C)(CC(=O)NCc1nnc(-c2ccccc2)o1)c1ccccc1. The number of amides is 1. The molecule has 0 saturated carbocycles. The van der Waals surface area contributed by atoms with Crippen LogP contribution in [0, 0.1) is 0 Å². The van der Waals surface area contributed by atoms with Crippen molar-refractivity contribution in [1.29, 1.82) is 0 Å². The molecule has 0 saturated heterocycles. The predicted octanol–water partition coefficient (Wildman–Crippen LogP) is 3.72. The number of carbonyl (C=O) groups is 1. The number of nitrogens with zero attached hydrogens (tertiary/aromatic N) is 2. The third-order valence-corrected chi connectivity index (χ3v) is 4.08. The zero-order valence-corrected chi connectivity index (χ0v) is 14.4. The van der Waals surface area contributed by atoms with Crippen LogP contribution in [0.15, 0.2) is 65.1 Å². The molecule has 25 heavy (non-hydrogen) atoms. The molecular formula is C20H21N3O2. The van der Waals surface area contributed by atoms with Crippen molar-refractivity contribution in [2.75, 3.05) is 0 Å². The molecule has 128 valence electrons. The number of rotatable bonds is 6. The molecule has 0 atom stereocenters. The van der Waals surface area contributed by atoms with Crippen LogP contribution in [-0.2, 0) is 16.8 Å². The summed E-state index contributed by atoms with van der Waals surface area (Å²) in [6.07, 6.45) is 0.386. The standard InChI is InChI=1S/C20H21N3O2/c1-20(2,16-11-7-4-8-12-16)13-17(24)21-14-18-22-23-19(25-18)15-9-5-3-6-10-15/h3-12H,13-14H2,1-2H3,(H,21,24). The van der Waals surface area contributed by atoms with Gasteiger partial charge in [-0.1, -0.05) is 62.4 Å². The lowest BCUT2D eigenvalue weighted by Crippen LogP contribution is -2.30. The van der Waals surface area contributed by atoms with Crippen LogP contribution in [0.3, 0.4) is 0 Å². The van der Waals surface area contributed by atoms with Gasteiger partial charge in [-0.25, -0.2) is 0 Å². The Hall–Kier alpha value is -2.95. The van der Waals surface area contributed by atoms with Crippen molar-refractivity contribution < 1.29 is 9.21 Å². The van der Waals surface area contributed by atoms with Crippen LogP contribution in [-0.4, -0.2) is 16.1 Å². The van der Waals surface area contributed by atoms with Crippen LogP contribution < -0.4 is 5.32 Å². The molecule has 0 spiro atoms. The molecule has 1 N–H and O–H groups in total. The lowest BCUT2D eigenvalue weighted by Gasteiger charge is -2.24. The van der Waals surface area contributed by atoms with Crippen molar-refractivity contribution in [2.24, 2.45) is 0 Å². The maximum absolute atomic E-state index is 12.3. The molecule has 1 aromatic heterocycles. The van der Waals surface area contributed by atoms with Crippen LogP contribution in [0.25, 0.3) is 11.5 Å². The van der Waals surface area contributed by atoms with E-state index in [4.69, 9.17) is 4.42 Å². The summed E-state index contributed by atoms with van der Waals surface area (Å²) in [6, 6.07) is 19.6. The summed E-state index contributed by atoms with van der Waals surface area (Å²) in [7, 11) is 0. The molecule has 0 aliphatic rings. The normalized spacial score (nSPS) is 11.3. The van der Waals surface area contributed by atoms with E-state index in [9.17, 15) is 4.79 Å². The number of carbonyl (C=O) groups excluding carboxylic acids is 1. The van der Waals surface area contributed by atoms with Crippen molar-refractivity contribution >= 4 is 5.91 Å². The van der Waals surface area contributed by atoms with Crippen molar-refractivity contribution in [3.05, 3.63) is 72.1 Å². The first kappa shape index (κ1) is 16.9. The summed E-state index contributed by atoms with van der Waals surface area (Å²) < 4.78 is 5.60. The highest BCUT2D eigenvalue weighted by Crippen LogP contribution is 2.26. The van der Waals surface area contributed by atoms with Crippen molar-refractivity contribution in [3.8, 4) is 11.5 Å². The third kappa shape index (κ3) is 4.32. The van der Waals surface area contributed by atoms with Gasteiger partial charge in [-0.2, -0.15) is 0 Å². The van der Waals surface area contributed by atoms with Gasteiger partial charge >= 0.3 is 0 Å². The molecule has 0 aliphatic carbocycles. The highest BCUT2D eigenvalue weighted by Gasteiger charge is 2.24. The van der Waals surface area contributed by atoms with E-state index in [1.165, 1.54) is 0 Å². The summed E-state index contributed by atoms with van der Waals surface area (Å²) in [6.45, 7) is 4.34. The molecule has 1 heterocycles. The fourth-order valence-corrected chi connectivity index (χ4v) is 2.65. The summed E-state index contributed by atoms with van der Waals surface area (Å²) >= 11 is 0. The topological polar surface area (TPSA) is 68.0 Å². The van der Waals surface area contributed by atoms with E-state index in [1.807, 2.05) is 60.7 Å². The maximum atomic E-state index is 12.3. The molecule has 0 bridgehead atoms. The van der Waals surface area contributed by atoms with Gasteiger partial charge in [0.25, 0.3) is 0 Å². The average Bonchev–Trinajstić information content (AvgIpc) is 3.10. The number of hydrogen-bond donors (Lipinski definition) is 1. The van der Waals surface area contributed by atoms with Crippen LogP contribution in [0.5, 0.6) is 0 Å². The molecule has 0 aliphatic heterocycles. The molecule has 5 nitrogen and oxygen atoms in total. The lowest BCUT2D eigenvalue weighted by molar-refractivity contribution is -0.122. The van der Waals surface area contributed by atoms with Gasteiger partial charge in [-0.3, -0.25) is 4.79 Å². The van der Waals surface area contributed by atoms with Crippen LogP contribution in [0.1, 0.15) is 31.7 Å². The Kier molecular flexibility index (Phi) is 4.93. The van der Waals surface area contributed by atoms with Gasteiger partial charge in [0.1, 0.15) is 0 Å². The highest BCUT2D eigenvalue weighted by molar-refractivity contribution is 5.77. The molecule has 0 fully saturated rings. The second kappa shape index (κ2) is 7.30. The summed E-state index contributed by atoms with van der Waals surface area (Å²) in [5.74, 6) is 0.799. The Morgan fingerprint density at radius 1 is 1.00 bits per heavy atom. The van der Waals surface area contributed by atoms with E-state index in [-0.39, 0.29) is 17.9 Å². The molecule has 1 amide bonds. The summed E-state index contributed by atoms with van der Waals surface area (Å²) in [5, 5.41) is 10.9. The van der Waals surface area contributed by atoms with E-state index in [2.05, 4.69) is 29.4 Å². The smallest absolute Gasteiger partial charge is 0.247 e. The molecule has 0 radical (unpaired) electrons. The lowest BCUT2D eigenvalue weighted by atomic mass is 9.81. The van der Waals surface area contributed by atoms with Crippen LogP contribution in [0.2, 0.25) is 0 Å². The van der Waals surface area contributed by atoms with E-state index < -0.39 is 0 Å². The Labute approximate surface area is 147 Å². The maximum Gasteiger partial charge on any atom is 0.247 e. The van der Waals surface area contributed by atoms with Gasteiger partial charge in [0, 0.05) is 12.0 Å². The second-order valence-corrected chi connectivity index (χ2v) is 6.57. The minimum atomic E-state index is -0.241. The molecule has 2 aromatic carbocycles. The Bertz CT molecular complexity index is 826. The van der Waals surface area contributed by atoms with Gasteiger partial charge in [0.05, 0.1) is 6.54 Å². The zero-order chi connectivity index (χ0) is 17.7. The monoisotopic (exact) mass is 335 g/mol. The van der Waals surface area contributed by atoms with Crippen LogP contribution >= 0.6 is 0 Å². The van der Waals surface area contributed by atoms with Gasteiger partial charge < -0.3 is 9.73 Å². The Balaban J connectivity index is 1.57. The number of benzene rings is 2. The largest absolute Gasteiger partial charge is 0.419 e. The third-order valence-electron chi connectivity index (χ3n) is 4.08. The molecule has 3 aromatic rings. The van der Waals surface area contributed by atoms with Crippen molar-refractivity contribution in [3.63, 3.8) is 0 Å². The van der Waals surface area contributed by atoms with Crippen molar-refractivity contribution in [2.45, 2.75) is 32.2 Å². The minimum absolute atomic E-state index is 0.0479. The Morgan fingerprint density at radius 2 is 1.64 bits per heavy atom. The van der Waals surface area contributed by atoms with E-state index in [1.54, 1.807) is 0 Å². The summed E-state index contributed by atoms with van der Waals surface area (Å²) in [4.78, 5) is 12.3. The first-order valence-electron chi connectivity index (χ1n) is 8.25. The quantitative estimate of drug-likeness (QED) is 0.745. The van der Waals surface area contributed by atoms with Gasteiger partial charge in [0.2, 0.25) is 17.7 Å². The fraction of sp³-hybridized carbons (Fsp3) is 0.250. The molecule has 0 unspecified atom stereocenters. The van der Waals surface area contributed by atoms with Gasteiger partial charge in [-0.15, -0.1) is 10.2 Å². The number of nitrogens with one attached hydrogen (secondary N) is 1. The fourth-order valence-electron chi connectivity index (χ4n) is 2.65. The van der Waals surface area contributed by atoms with E-state index in [0.717, 1.165) is 11.1 Å². The molecular weight excluding hydrogens is 314 g/mol. The minimum Gasteiger partial charge on any atom is -0.419 e. The highest BCUT2D eigenvalue weighted by atomic mass is 16.4. The zero-order valence-electron chi connectivity index (χ0n) is 14.4. The van der Waals surface area contributed by atoms with E-state index in [0.29, 0.717) is 18.2 Å². The Morgan fingerprint density at radius 3 is 2.32 bits per heavy atom. The summed E-state index contributed by atoms with van der Waals surface area (Å²) in [5.41, 5.74) is 1.75. The van der Waals surface area contributed by atoms with Gasteiger partial charge in [0.15, 0.2) is 0 Å². The second-order valence-electron chi connectivity index (χ2n) is 6.57.